The Bertz CT molecular complexity index is 1090. The van der Waals surface area contributed by atoms with E-state index in [0.717, 1.165) is 0 Å². The van der Waals surface area contributed by atoms with E-state index in [1.54, 1.807) is 29.2 Å². The van der Waals surface area contributed by atoms with Crippen molar-refractivity contribution in [1.82, 2.24) is 25.0 Å². The van der Waals surface area contributed by atoms with Crippen molar-refractivity contribution in [2.75, 3.05) is 24.7 Å². The van der Waals surface area contributed by atoms with Crippen molar-refractivity contribution < 1.29 is 13.2 Å². The van der Waals surface area contributed by atoms with Gasteiger partial charge in [0.05, 0.1) is 47.2 Å². The number of morpholine rings is 1. The summed E-state index contributed by atoms with van der Waals surface area (Å²) in [6, 6.07) is 3.59. The van der Waals surface area contributed by atoms with Gasteiger partial charge in [0.25, 0.3) is 0 Å². The van der Waals surface area contributed by atoms with Crippen LogP contribution in [-0.4, -0.2) is 64.4 Å². The van der Waals surface area contributed by atoms with Gasteiger partial charge in [0.1, 0.15) is 5.82 Å². The maximum absolute atomic E-state index is 13.1. The molecule has 0 spiro atoms. The van der Waals surface area contributed by atoms with E-state index in [1.165, 1.54) is 0 Å². The first-order valence-corrected chi connectivity index (χ1v) is 10.6. The van der Waals surface area contributed by atoms with Gasteiger partial charge in [0.15, 0.2) is 21.3 Å². The average molecular weight is 388 g/mol. The number of nitrogens with zero attached hydrogens (tertiary/aromatic N) is 5. The Morgan fingerprint density at radius 1 is 1.33 bits per heavy atom. The minimum absolute atomic E-state index is 0.115. The molecule has 9 nitrogen and oxygen atoms in total. The Labute approximate surface area is 156 Å². The van der Waals surface area contributed by atoms with Gasteiger partial charge in [0, 0.05) is 18.7 Å². The van der Waals surface area contributed by atoms with Gasteiger partial charge >= 0.3 is 0 Å². The topological polar surface area (TPSA) is 106 Å². The van der Waals surface area contributed by atoms with Crippen LogP contribution in [0.4, 0.5) is 5.82 Å². The molecular weight excluding hydrogens is 368 g/mol. The smallest absolute Gasteiger partial charge is 0.182 e. The highest BCUT2D eigenvalue weighted by Gasteiger charge is 2.39. The zero-order chi connectivity index (χ0) is 18.6. The van der Waals surface area contributed by atoms with Gasteiger partial charge in [0.2, 0.25) is 0 Å². The number of pyridine rings is 1. The fourth-order valence-electron chi connectivity index (χ4n) is 3.51. The van der Waals surface area contributed by atoms with Gasteiger partial charge in [-0.3, -0.25) is 5.10 Å². The van der Waals surface area contributed by atoms with Crippen LogP contribution in [0.5, 0.6) is 0 Å². The van der Waals surface area contributed by atoms with Gasteiger partial charge in [-0.25, -0.2) is 13.4 Å². The van der Waals surface area contributed by atoms with Crippen molar-refractivity contribution >= 4 is 26.7 Å². The number of nitrogens with one attached hydrogen (secondary N) is 1. The molecular formula is C17H20N6O3S. The molecule has 1 N–H and O–H groups in total. The van der Waals surface area contributed by atoms with Crippen molar-refractivity contribution in [3.05, 3.63) is 24.5 Å². The van der Waals surface area contributed by atoms with Crippen LogP contribution >= 0.6 is 0 Å². The number of aromatic amines is 1. The van der Waals surface area contributed by atoms with E-state index in [2.05, 4.69) is 20.2 Å². The van der Waals surface area contributed by atoms with Crippen LogP contribution in [0, 0.1) is 0 Å². The molecule has 2 aliphatic rings. The molecule has 10 heteroatoms. The first-order chi connectivity index (χ1) is 13.1. The van der Waals surface area contributed by atoms with Gasteiger partial charge in [-0.05, 0) is 19.8 Å². The Kier molecular flexibility index (Phi) is 3.73. The summed E-state index contributed by atoms with van der Waals surface area (Å²) in [4.78, 5) is 7.19. The molecule has 5 rings (SSSR count). The van der Waals surface area contributed by atoms with Crippen LogP contribution in [0.25, 0.3) is 16.9 Å². The maximum Gasteiger partial charge on any atom is 0.182 e. The van der Waals surface area contributed by atoms with E-state index in [9.17, 15) is 8.42 Å². The average Bonchev–Trinajstić information content (AvgIpc) is 3.23. The molecule has 1 aliphatic carbocycles. The largest absolute Gasteiger partial charge is 0.377 e. The fraction of sp³-hybridized carbons (Fsp3) is 0.471. The zero-order valence-electron chi connectivity index (χ0n) is 14.9. The Morgan fingerprint density at radius 3 is 2.89 bits per heavy atom. The number of hydrogen-bond donors (Lipinski definition) is 1. The number of rotatable bonds is 4. The predicted molar refractivity (Wildman–Crippen MR) is 98.8 cm³/mol. The highest BCUT2D eigenvalue weighted by Crippen LogP contribution is 2.38. The lowest BCUT2D eigenvalue weighted by Crippen LogP contribution is -2.44. The molecule has 1 atom stereocenters. The molecule has 142 valence electrons. The van der Waals surface area contributed by atoms with Crippen LogP contribution in [0.2, 0.25) is 0 Å². The molecule has 2 fully saturated rings. The van der Waals surface area contributed by atoms with Crippen LogP contribution in [-0.2, 0) is 14.6 Å². The molecule has 4 heterocycles. The van der Waals surface area contributed by atoms with E-state index < -0.39 is 9.84 Å². The van der Waals surface area contributed by atoms with Crippen LogP contribution < -0.4 is 4.90 Å². The summed E-state index contributed by atoms with van der Waals surface area (Å²) < 4.78 is 33.3. The molecule has 0 radical (unpaired) electrons. The number of H-pyrrole nitrogens is 1. The number of ether oxygens (including phenoxy) is 1. The molecule has 1 saturated carbocycles. The minimum Gasteiger partial charge on any atom is -0.377 e. The van der Waals surface area contributed by atoms with Gasteiger partial charge < -0.3 is 9.64 Å². The number of sulfone groups is 1. The monoisotopic (exact) mass is 388 g/mol. The van der Waals surface area contributed by atoms with Crippen LogP contribution in [0.1, 0.15) is 19.8 Å². The highest BCUT2D eigenvalue weighted by molar-refractivity contribution is 7.92. The first-order valence-electron chi connectivity index (χ1n) is 9.02. The summed E-state index contributed by atoms with van der Waals surface area (Å²) in [5.74, 6) is 1.28. The molecule has 0 amide bonds. The SMILES string of the molecule is C[C@@H]1COCCN1c1cc(S(=O)(=O)C2CC2)c2cnn(-c3ccn[nH]3)c2n1. The van der Waals surface area contributed by atoms with Crippen molar-refractivity contribution in [2.45, 2.75) is 36.0 Å². The van der Waals surface area contributed by atoms with Gasteiger partial charge in [-0.1, -0.05) is 0 Å². The van der Waals surface area contributed by atoms with Gasteiger partial charge in [-0.2, -0.15) is 14.9 Å². The summed E-state index contributed by atoms with van der Waals surface area (Å²) in [5.41, 5.74) is 0.509. The quantitative estimate of drug-likeness (QED) is 0.718. The standard InChI is InChI=1S/C17H20N6O3S/c1-11-10-26-7-6-22(11)16-8-14(27(24,25)12-2-3-12)13-9-19-23(17(13)20-16)15-4-5-18-21-15/h4-5,8-9,11-12H,2-3,6-7,10H2,1H3,(H,18,21)/t11-/m1/s1. The Balaban J connectivity index is 1.74. The normalized spacial score (nSPS) is 21.1. The fourth-order valence-corrected chi connectivity index (χ4v) is 5.35. The van der Waals surface area contributed by atoms with Crippen molar-refractivity contribution in [3.63, 3.8) is 0 Å². The molecule has 1 saturated heterocycles. The Morgan fingerprint density at radius 2 is 2.19 bits per heavy atom. The summed E-state index contributed by atoms with van der Waals surface area (Å²) in [7, 11) is -3.40. The first kappa shape index (κ1) is 16.7. The summed E-state index contributed by atoms with van der Waals surface area (Å²) in [5, 5.41) is 11.4. The second kappa shape index (κ2) is 6.03. The lowest BCUT2D eigenvalue weighted by molar-refractivity contribution is 0.0985. The third-order valence-electron chi connectivity index (χ3n) is 5.14. The number of hydrogen-bond acceptors (Lipinski definition) is 7. The predicted octanol–water partition coefficient (Wildman–Crippen LogP) is 1.30. The van der Waals surface area contributed by atoms with E-state index in [4.69, 9.17) is 9.72 Å². The summed E-state index contributed by atoms with van der Waals surface area (Å²) in [6.07, 6.45) is 4.62. The van der Waals surface area contributed by atoms with Gasteiger partial charge in [-0.15, -0.1) is 0 Å². The van der Waals surface area contributed by atoms with Crippen molar-refractivity contribution in [3.8, 4) is 5.82 Å². The van der Waals surface area contributed by atoms with E-state index in [-0.39, 0.29) is 11.3 Å². The second-order valence-corrected chi connectivity index (χ2v) is 9.27. The molecule has 1 aliphatic heterocycles. The summed E-state index contributed by atoms with van der Waals surface area (Å²) in [6.45, 7) is 3.89. The van der Waals surface area contributed by atoms with E-state index in [0.29, 0.717) is 60.2 Å². The van der Waals surface area contributed by atoms with E-state index >= 15 is 0 Å². The van der Waals surface area contributed by atoms with Crippen molar-refractivity contribution in [2.24, 2.45) is 0 Å². The van der Waals surface area contributed by atoms with Crippen LogP contribution in [0.3, 0.4) is 0 Å². The van der Waals surface area contributed by atoms with Crippen molar-refractivity contribution in [1.29, 1.82) is 0 Å². The molecule has 3 aromatic heterocycles. The number of aromatic nitrogens is 5. The minimum atomic E-state index is -3.40. The highest BCUT2D eigenvalue weighted by atomic mass is 32.2. The number of fused-ring (bicyclic) bond motifs is 1. The lowest BCUT2D eigenvalue weighted by Gasteiger charge is -2.34. The Hall–Kier alpha value is -2.46. The summed E-state index contributed by atoms with van der Waals surface area (Å²) >= 11 is 0. The molecule has 3 aromatic rings. The molecule has 0 bridgehead atoms. The number of anilines is 1. The zero-order valence-corrected chi connectivity index (χ0v) is 15.7. The second-order valence-electron chi connectivity index (χ2n) is 7.08. The van der Waals surface area contributed by atoms with Crippen LogP contribution in [0.15, 0.2) is 29.4 Å². The molecule has 27 heavy (non-hydrogen) atoms. The third-order valence-corrected chi connectivity index (χ3v) is 7.44. The lowest BCUT2D eigenvalue weighted by atomic mass is 10.2. The molecule has 0 unspecified atom stereocenters. The van der Waals surface area contributed by atoms with E-state index in [1.807, 2.05) is 6.92 Å². The third kappa shape index (κ3) is 2.71. The maximum atomic E-state index is 13.1. The molecule has 0 aromatic carbocycles.